The van der Waals surface area contributed by atoms with E-state index in [9.17, 15) is 8.42 Å². The summed E-state index contributed by atoms with van der Waals surface area (Å²) in [6.07, 6.45) is 2.77. The van der Waals surface area contributed by atoms with Crippen LogP contribution in [0.15, 0.2) is 18.2 Å². The Morgan fingerprint density at radius 1 is 1.24 bits per heavy atom. The third kappa shape index (κ3) is 4.47. The molecule has 118 valence electrons. The summed E-state index contributed by atoms with van der Waals surface area (Å²) in [7, 11) is -1.79. The summed E-state index contributed by atoms with van der Waals surface area (Å²) in [5, 5.41) is 3.83. The molecule has 1 aromatic carbocycles. The number of hydrogen-bond donors (Lipinski definition) is 2. The van der Waals surface area contributed by atoms with Crippen molar-refractivity contribution in [3.05, 3.63) is 28.2 Å². The molecule has 1 aliphatic rings. The van der Waals surface area contributed by atoms with Crippen molar-refractivity contribution in [2.24, 2.45) is 0 Å². The molecule has 1 saturated heterocycles. The van der Waals surface area contributed by atoms with Crippen molar-refractivity contribution in [1.29, 1.82) is 0 Å². The smallest absolute Gasteiger partial charge is 0.301 e. The first kappa shape index (κ1) is 16.8. The minimum absolute atomic E-state index is 0.0316. The van der Waals surface area contributed by atoms with Gasteiger partial charge < -0.3 is 5.32 Å². The second-order valence-electron chi connectivity index (χ2n) is 5.08. The van der Waals surface area contributed by atoms with E-state index in [0.29, 0.717) is 28.8 Å². The SMILES string of the molecule is CNCC1CCCCN1S(=O)(=O)Nc1cc(Cl)cc(Cl)c1. The van der Waals surface area contributed by atoms with Crippen molar-refractivity contribution in [2.45, 2.75) is 25.3 Å². The molecule has 21 heavy (non-hydrogen) atoms. The van der Waals surface area contributed by atoms with E-state index in [1.807, 2.05) is 7.05 Å². The van der Waals surface area contributed by atoms with Gasteiger partial charge in [0.1, 0.15) is 0 Å². The second-order valence-corrected chi connectivity index (χ2v) is 7.58. The van der Waals surface area contributed by atoms with Crippen molar-refractivity contribution in [2.75, 3.05) is 24.9 Å². The molecule has 0 aromatic heterocycles. The van der Waals surface area contributed by atoms with E-state index in [-0.39, 0.29) is 6.04 Å². The molecule has 1 heterocycles. The number of anilines is 1. The maximum Gasteiger partial charge on any atom is 0.301 e. The summed E-state index contributed by atoms with van der Waals surface area (Å²) in [5.74, 6) is 0. The molecule has 2 rings (SSSR count). The van der Waals surface area contributed by atoms with E-state index in [2.05, 4.69) is 10.0 Å². The molecule has 1 fully saturated rings. The molecule has 2 N–H and O–H groups in total. The number of hydrogen-bond acceptors (Lipinski definition) is 3. The first-order valence-corrected chi connectivity index (χ1v) is 9.02. The fourth-order valence-electron chi connectivity index (χ4n) is 2.55. The Labute approximate surface area is 135 Å². The highest BCUT2D eigenvalue weighted by Crippen LogP contribution is 2.26. The van der Waals surface area contributed by atoms with Gasteiger partial charge in [0.25, 0.3) is 0 Å². The van der Waals surface area contributed by atoms with Gasteiger partial charge in [-0.3, -0.25) is 4.72 Å². The topological polar surface area (TPSA) is 61.4 Å². The van der Waals surface area contributed by atoms with Gasteiger partial charge in [-0.15, -0.1) is 0 Å². The van der Waals surface area contributed by atoms with Crippen molar-refractivity contribution >= 4 is 39.1 Å². The Hall–Kier alpha value is -0.530. The molecule has 1 aromatic rings. The van der Waals surface area contributed by atoms with Crippen molar-refractivity contribution in [3.63, 3.8) is 0 Å². The van der Waals surface area contributed by atoms with Crippen LogP contribution in [0.1, 0.15) is 19.3 Å². The molecule has 0 saturated carbocycles. The Morgan fingerprint density at radius 3 is 2.52 bits per heavy atom. The lowest BCUT2D eigenvalue weighted by atomic mass is 10.1. The fraction of sp³-hybridized carbons (Fsp3) is 0.538. The molecule has 5 nitrogen and oxygen atoms in total. The third-order valence-electron chi connectivity index (χ3n) is 3.43. The molecule has 0 spiro atoms. The van der Waals surface area contributed by atoms with Gasteiger partial charge in [-0.1, -0.05) is 29.6 Å². The van der Waals surface area contributed by atoms with Crippen LogP contribution in [0.5, 0.6) is 0 Å². The molecular weight excluding hydrogens is 333 g/mol. The number of rotatable bonds is 5. The molecule has 1 unspecified atom stereocenters. The van der Waals surface area contributed by atoms with Gasteiger partial charge in [-0.25, -0.2) is 0 Å². The maximum atomic E-state index is 12.6. The predicted molar refractivity (Wildman–Crippen MR) is 87.3 cm³/mol. The van der Waals surface area contributed by atoms with E-state index >= 15 is 0 Å². The second kappa shape index (κ2) is 7.15. The highest BCUT2D eigenvalue weighted by atomic mass is 35.5. The van der Waals surface area contributed by atoms with Gasteiger partial charge in [0.05, 0.1) is 5.69 Å². The van der Waals surface area contributed by atoms with Gasteiger partial charge in [0, 0.05) is 29.2 Å². The summed E-state index contributed by atoms with van der Waals surface area (Å²) >= 11 is 11.8. The number of halogens is 2. The van der Waals surface area contributed by atoms with E-state index in [4.69, 9.17) is 23.2 Å². The van der Waals surface area contributed by atoms with Crippen molar-refractivity contribution < 1.29 is 8.42 Å². The van der Waals surface area contributed by atoms with E-state index < -0.39 is 10.2 Å². The van der Waals surface area contributed by atoms with E-state index in [1.165, 1.54) is 4.31 Å². The molecule has 0 radical (unpaired) electrons. The van der Waals surface area contributed by atoms with Crippen LogP contribution in [0, 0.1) is 0 Å². The van der Waals surface area contributed by atoms with Crippen LogP contribution < -0.4 is 10.0 Å². The quantitative estimate of drug-likeness (QED) is 0.857. The molecule has 1 aliphatic heterocycles. The highest BCUT2D eigenvalue weighted by Gasteiger charge is 2.31. The van der Waals surface area contributed by atoms with Crippen LogP contribution in [0.25, 0.3) is 0 Å². The van der Waals surface area contributed by atoms with Gasteiger partial charge in [-0.2, -0.15) is 12.7 Å². The van der Waals surface area contributed by atoms with Crippen LogP contribution in [0.4, 0.5) is 5.69 Å². The molecule has 1 atom stereocenters. The molecular formula is C13H19Cl2N3O2S. The number of nitrogens with one attached hydrogen (secondary N) is 2. The normalized spacial score (nSPS) is 20.4. The minimum Gasteiger partial charge on any atom is -0.318 e. The minimum atomic E-state index is -3.62. The van der Waals surface area contributed by atoms with Crippen LogP contribution >= 0.6 is 23.2 Å². The summed E-state index contributed by atoms with van der Waals surface area (Å²) in [4.78, 5) is 0. The summed E-state index contributed by atoms with van der Waals surface area (Å²) < 4.78 is 29.2. The Balaban J connectivity index is 2.19. The van der Waals surface area contributed by atoms with Gasteiger partial charge in [0.2, 0.25) is 0 Å². The summed E-state index contributed by atoms with van der Waals surface area (Å²) in [6.45, 7) is 1.16. The third-order valence-corrected chi connectivity index (χ3v) is 5.46. The Morgan fingerprint density at radius 2 is 1.90 bits per heavy atom. The molecule has 0 bridgehead atoms. The lowest BCUT2D eigenvalue weighted by Gasteiger charge is -2.34. The Bertz CT molecular complexity index is 573. The average Bonchev–Trinajstić information content (AvgIpc) is 2.37. The van der Waals surface area contributed by atoms with Gasteiger partial charge >= 0.3 is 10.2 Å². The largest absolute Gasteiger partial charge is 0.318 e. The van der Waals surface area contributed by atoms with Crippen LogP contribution in [-0.2, 0) is 10.2 Å². The maximum absolute atomic E-state index is 12.6. The molecule has 8 heteroatoms. The average molecular weight is 352 g/mol. The lowest BCUT2D eigenvalue weighted by molar-refractivity contribution is 0.250. The zero-order valence-corrected chi connectivity index (χ0v) is 14.1. The summed E-state index contributed by atoms with van der Waals surface area (Å²) in [5.41, 5.74) is 0.376. The number of likely N-dealkylation sites (N-methyl/N-ethyl adjacent to an activating group) is 1. The highest BCUT2D eigenvalue weighted by molar-refractivity contribution is 7.90. The van der Waals surface area contributed by atoms with Gasteiger partial charge in [0.15, 0.2) is 0 Å². The number of piperidine rings is 1. The first-order valence-electron chi connectivity index (χ1n) is 6.82. The van der Waals surface area contributed by atoms with Crippen LogP contribution in [-0.4, -0.2) is 38.9 Å². The zero-order chi connectivity index (χ0) is 15.5. The zero-order valence-electron chi connectivity index (χ0n) is 11.8. The monoisotopic (exact) mass is 351 g/mol. The van der Waals surface area contributed by atoms with Crippen LogP contribution in [0.2, 0.25) is 10.0 Å². The van der Waals surface area contributed by atoms with Crippen molar-refractivity contribution in [1.82, 2.24) is 9.62 Å². The summed E-state index contributed by atoms with van der Waals surface area (Å²) in [6, 6.07) is 4.62. The van der Waals surface area contributed by atoms with E-state index in [0.717, 1.165) is 19.3 Å². The van der Waals surface area contributed by atoms with Gasteiger partial charge in [-0.05, 0) is 38.1 Å². The van der Waals surface area contributed by atoms with E-state index in [1.54, 1.807) is 18.2 Å². The molecule has 0 aliphatic carbocycles. The Kier molecular flexibility index (Phi) is 5.73. The first-order chi connectivity index (χ1) is 9.92. The van der Waals surface area contributed by atoms with Crippen molar-refractivity contribution in [3.8, 4) is 0 Å². The molecule has 0 amide bonds. The number of nitrogens with zero attached hydrogens (tertiary/aromatic N) is 1. The standard InChI is InChI=1S/C13H19Cl2N3O2S/c1-16-9-13-4-2-3-5-18(13)21(19,20)17-12-7-10(14)6-11(15)8-12/h6-8,13,16-17H,2-5,9H2,1H3. The predicted octanol–water partition coefficient (Wildman–Crippen LogP) is 2.72. The fourth-order valence-corrected chi connectivity index (χ4v) is 4.55. The number of benzene rings is 1. The van der Waals surface area contributed by atoms with Crippen LogP contribution in [0.3, 0.4) is 0 Å². The lowest BCUT2D eigenvalue weighted by Crippen LogP contribution is -2.49.